The number of fused-ring (bicyclic) bond motifs is 1. The van der Waals surface area contributed by atoms with E-state index in [4.69, 9.17) is 0 Å². The van der Waals surface area contributed by atoms with E-state index in [1.807, 2.05) is 37.4 Å². The Hall–Kier alpha value is -2.30. The van der Waals surface area contributed by atoms with Gasteiger partial charge in [0.05, 0.1) is 17.3 Å². The summed E-state index contributed by atoms with van der Waals surface area (Å²) >= 11 is 4.38. The van der Waals surface area contributed by atoms with Crippen molar-refractivity contribution in [3.63, 3.8) is 0 Å². The molecule has 4 rings (SSSR count). The van der Waals surface area contributed by atoms with Crippen LogP contribution in [-0.2, 0) is 15.3 Å². The fourth-order valence-corrected chi connectivity index (χ4v) is 5.96. The number of hydrogen-bond acceptors (Lipinski definition) is 7. The lowest BCUT2D eigenvalue weighted by molar-refractivity contribution is -0.134. The van der Waals surface area contributed by atoms with Crippen molar-refractivity contribution in [2.24, 2.45) is 0 Å². The summed E-state index contributed by atoms with van der Waals surface area (Å²) in [5, 5.41) is 4.76. The smallest absolute Gasteiger partial charge is 0.258 e. The van der Waals surface area contributed by atoms with Crippen molar-refractivity contribution >= 4 is 57.3 Å². The number of aryl methyl sites for hydroxylation is 2. The van der Waals surface area contributed by atoms with E-state index in [9.17, 15) is 14.4 Å². The highest BCUT2D eigenvalue weighted by Gasteiger charge is 2.34. The van der Waals surface area contributed by atoms with Crippen molar-refractivity contribution in [2.45, 2.75) is 25.6 Å². The summed E-state index contributed by atoms with van der Waals surface area (Å²) in [4.78, 5) is 44.4. The van der Waals surface area contributed by atoms with Gasteiger partial charge >= 0.3 is 0 Å². The Kier molecular flexibility index (Phi) is 6.68. The van der Waals surface area contributed by atoms with Gasteiger partial charge in [-0.2, -0.15) is 0 Å². The molecule has 1 saturated heterocycles. The van der Waals surface area contributed by atoms with Gasteiger partial charge in [-0.25, -0.2) is 4.98 Å². The maximum Gasteiger partial charge on any atom is 0.258 e. The zero-order valence-electron chi connectivity index (χ0n) is 17.2. The number of nitrogens with one attached hydrogen (secondary N) is 1. The molecule has 1 atom stereocenters. The average Bonchev–Trinajstić information content (AvgIpc) is 3.40. The van der Waals surface area contributed by atoms with E-state index in [0.717, 1.165) is 11.3 Å². The number of thiazole rings is 1. The first kappa shape index (κ1) is 21.9. The summed E-state index contributed by atoms with van der Waals surface area (Å²) in [6.07, 6.45) is 1.70. The van der Waals surface area contributed by atoms with Crippen LogP contribution < -0.4 is 10.9 Å². The molecule has 0 spiro atoms. The summed E-state index contributed by atoms with van der Waals surface area (Å²) in [6, 6.07) is 6.82. The second-order valence-corrected chi connectivity index (χ2v) is 10.2. The number of anilines is 1. The van der Waals surface area contributed by atoms with Crippen molar-refractivity contribution in [1.29, 1.82) is 0 Å². The third-order valence-electron chi connectivity index (χ3n) is 5.11. The highest BCUT2D eigenvalue weighted by Crippen LogP contribution is 2.24. The molecule has 0 aliphatic carbocycles. The van der Waals surface area contributed by atoms with Crippen LogP contribution >= 0.6 is 34.9 Å². The molecule has 0 saturated carbocycles. The number of thioether (sulfide) groups is 2. The third-order valence-corrected chi connectivity index (χ3v) is 7.83. The van der Waals surface area contributed by atoms with Gasteiger partial charge in [-0.05, 0) is 37.1 Å². The minimum absolute atomic E-state index is 0.0795. The van der Waals surface area contributed by atoms with Gasteiger partial charge in [-0.1, -0.05) is 6.07 Å². The number of benzene rings is 1. The molecule has 0 bridgehead atoms. The van der Waals surface area contributed by atoms with Crippen LogP contribution in [0.5, 0.6) is 0 Å². The molecular formula is C21H22N4O3S3. The minimum Gasteiger partial charge on any atom is -0.324 e. The zero-order valence-corrected chi connectivity index (χ0v) is 19.6. The first-order valence-corrected chi connectivity index (χ1v) is 12.9. The molecule has 1 N–H and O–H groups in total. The maximum atomic E-state index is 12.8. The second-order valence-electron chi connectivity index (χ2n) is 7.30. The molecule has 10 heteroatoms. The Balaban J connectivity index is 1.34. The molecule has 1 aliphatic heterocycles. The van der Waals surface area contributed by atoms with E-state index in [0.29, 0.717) is 28.0 Å². The first-order chi connectivity index (χ1) is 14.9. The summed E-state index contributed by atoms with van der Waals surface area (Å²) in [7, 11) is 0. The SMILES string of the molecule is Cc1ccc(NC(=O)C2CSCN2C(=O)CSCc2cc(=O)n3ccsc3n2)cc1C. The van der Waals surface area contributed by atoms with Crippen molar-refractivity contribution < 1.29 is 9.59 Å². The number of carbonyl (C=O) groups is 2. The molecule has 2 aromatic heterocycles. The number of nitrogens with zero attached hydrogens (tertiary/aromatic N) is 3. The van der Waals surface area contributed by atoms with Crippen LogP contribution in [0.4, 0.5) is 5.69 Å². The van der Waals surface area contributed by atoms with E-state index in [1.165, 1.54) is 39.1 Å². The Labute approximate surface area is 192 Å². The summed E-state index contributed by atoms with van der Waals surface area (Å²) in [5.41, 5.74) is 3.56. The van der Waals surface area contributed by atoms with Gasteiger partial charge in [-0.15, -0.1) is 34.9 Å². The van der Waals surface area contributed by atoms with Crippen LogP contribution in [-0.4, -0.2) is 49.5 Å². The van der Waals surface area contributed by atoms with Crippen LogP contribution in [0.25, 0.3) is 4.96 Å². The van der Waals surface area contributed by atoms with Gasteiger partial charge in [0, 0.05) is 34.8 Å². The summed E-state index contributed by atoms with van der Waals surface area (Å²) in [5.74, 6) is 1.55. The predicted molar refractivity (Wildman–Crippen MR) is 128 cm³/mol. The van der Waals surface area contributed by atoms with Gasteiger partial charge in [0.1, 0.15) is 6.04 Å². The summed E-state index contributed by atoms with van der Waals surface area (Å²) in [6.45, 7) is 4.03. The molecule has 1 unspecified atom stereocenters. The maximum absolute atomic E-state index is 12.8. The summed E-state index contributed by atoms with van der Waals surface area (Å²) < 4.78 is 1.50. The van der Waals surface area contributed by atoms with Crippen LogP contribution in [0.1, 0.15) is 16.8 Å². The number of amides is 2. The lowest BCUT2D eigenvalue weighted by Gasteiger charge is -2.23. The normalized spacial score (nSPS) is 16.1. The van der Waals surface area contributed by atoms with Crippen molar-refractivity contribution in [2.75, 3.05) is 22.7 Å². The van der Waals surface area contributed by atoms with E-state index in [2.05, 4.69) is 10.3 Å². The van der Waals surface area contributed by atoms with Crippen LogP contribution in [0, 0.1) is 13.8 Å². The fourth-order valence-electron chi connectivity index (χ4n) is 3.24. The standard InChI is InChI=1S/C21H22N4O3S3/c1-13-3-4-15(7-14(13)2)22-20(28)17-10-30-12-25(17)19(27)11-29-9-16-8-18(26)24-5-6-31-21(24)23-16/h3-8,17H,9-12H2,1-2H3,(H,22,28). The highest BCUT2D eigenvalue weighted by atomic mass is 32.2. The van der Waals surface area contributed by atoms with Crippen molar-refractivity contribution in [1.82, 2.24) is 14.3 Å². The zero-order chi connectivity index (χ0) is 22.0. The Morgan fingerprint density at radius 2 is 2.10 bits per heavy atom. The number of carbonyl (C=O) groups excluding carboxylic acids is 2. The van der Waals surface area contributed by atoms with Gasteiger partial charge in [0.25, 0.3) is 5.56 Å². The average molecular weight is 475 g/mol. The molecular weight excluding hydrogens is 452 g/mol. The van der Waals surface area contributed by atoms with Crippen molar-refractivity contribution in [3.8, 4) is 0 Å². The molecule has 7 nitrogen and oxygen atoms in total. The molecule has 2 amide bonds. The lowest BCUT2D eigenvalue weighted by Crippen LogP contribution is -2.45. The van der Waals surface area contributed by atoms with E-state index >= 15 is 0 Å². The largest absolute Gasteiger partial charge is 0.324 e. The topological polar surface area (TPSA) is 83.8 Å². The van der Waals surface area contributed by atoms with Crippen LogP contribution in [0.2, 0.25) is 0 Å². The lowest BCUT2D eigenvalue weighted by atomic mass is 10.1. The monoisotopic (exact) mass is 474 g/mol. The van der Waals surface area contributed by atoms with E-state index in [-0.39, 0.29) is 23.1 Å². The first-order valence-electron chi connectivity index (χ1n) is 9.71. The van der Waals surface area contributed by atoms with Gasteiger partial charge in [-0.3, -0.25) is 18.8 Å². The molecule has 0 radical (unpaired) electrons. The quantitative estimate of drug-likeness (QED) is 0.591. The van der Waals surface area contributed by atoms with Crippen LogP contribution in [0.3, 0.4) is 0 Å². The second kappa shape index (κ2) is 9.46. The van der Waals surface area contributed by atoms with E-state index < -0.39 is 6.04 Å². The van der Waals surface area contributed by atoms with Gasteiger partial charge in [0.15, 0.2) is 4.96 Å². The van der Waals surface area contributed by atoms with Crippen molar-refractivity contribution in [3.05, 3.63) is 63.0 Å². The molecule has 3 heterocycles. The molecule has 162 valence electrons. The minimum atomic E-state index is -0.482. The molecule has 1 aliphatic rings. The molecule has 31 heavy (non-hydrogen) atoms. The predicted octanol–water partition coefficient (Wildman–Crippen LogP) is 3.15. The molecule has 3 aromatic rings. The molecule has 1 aromatic carbocycles. The van der Waals surface area contributed by atoms with Gasteiger partial charge < -0.3 is 10.2 Å². The van der Waals surface area contributed by atoms with E-state index in [1.54, 1.807) is 22.9 Å². The Morgan fingerprint density at radius 1 is 1.26 bits per heavy atom. The van der Waals surface area contributed by atoms with Crippen LogP contribution in [0.15, 0.2) is 40.6 Å². The number of aromatic nitrogens is 2. The fraction of sp³-hybridized carbons (Fsp3) is 0.333. The van der Waals surface area contributed by atoms with Gasteiger partial charge in [0.2, 0.25) is 11.8 Å². The highest BCUT2D eigenvalue weighted by molar-refractivity contribution is 7.99. The Bertz CT molecular complexity index is 1190. The number of rotatable bonds is 6. The third kappa shape index (κ3) is 4.97. The molecule has 1 fully saturated rings. The number of hydrogen-bond donors (Lipinski definition) is 1. The Morgan fingerprint density at radius 3 is 2.90 bits per heavy atom.